The highest BCUT2D eigenvalue weighted by Crippen LogP contribution is 2.13. The summed E-state index contributed by atoms with van der Waals surface area (Å²) in [4.78, 5) is 0. The van der Waals surface area contributed by atoms with Crippen LogP contribution in [-0.2, 0) is 0 Å². The fourth-order valence-electron chi connectivity index (χ4n) is 1.45. The van der Waals surface area contributed by atoms with E-state index in [9.17, 15) is 4.39 Å². The number of nitrogens with one attached hydrogen (secondary N) is 2. The van der Waals surface area contributed by atoms with Crippen molar-refractivity contribution in [1.29, 1.82) is 5.41 Å². The minimum Gasteiger partial charge on any atom is -0.281 e. The number of benzene rings is 1. The average Bonchev–Trinajstić information content (AvgIpc) is 2.53. The summed E-state index contributed by atoms with van der Waals surface area (Å²) in [6.07, 6.45) is 0. The maximum atomic E-state index is 13.3. The highest BCUT2D eigenvalue weighted by Gasteiger charge is 2.22. The van der Waals surface area contributed by atoms with Gasteiger partial charge in [-0.2, -0.15) is 10.2 Å². The molecule has 0 aliphatic carbocycles. The summed E-state index contributed by atoms with van der Waals surface area (Å²) >= 11 is 0. The average molecular weight is 233 g/mol. The Labute approximate surface area is 98.1 Å². The first-order valence-corrected chi connectivity index (χ1v) is 5.06. The SMILES string of the molecule is CC1=NN(C)C(=N)/C1=N\Nc1ccccc1F. The normalized spacial score (nSPS) is 17.6. The number of hydrogen-bond acceptors (Lipinski definition) is 4. The molecule has 0 saturated heterocycles. The summed E-state index contributed by atoms with van der Waals surface area (Å²) in [5.74, 6) is -0.198. The molecule has 1 aliphatic heterocycles. The monoisotopic (exact) mass is 233 g/mol. The fourth-order valence-corrected chi connectivity index (χ4v) is 1.45. The van der Waals surface area contributed by atoms with Crippen molar-refractivity contribution in [2.24, 2.45) is 10.2 Å². The molecule has 0 aromatic heterocycles. The van der Waals surface area contributed by atoms with Crippen LogP contribution >= 0.6 is 0 Å². The molecule has 2 N–H and O–H groups in total. The molecule has 1 aliphatic rings. The van der Waals surface area contributed by atoms with E-state index >= 15 is 0 Å². The lowest BCUT2D eigenvalue weighted by Crippen LogP contribution is -2.24. The number of rotatable bonds is 2. The van der Waals surface area contributed by atoms with E-state index in [1.807, 2.05) is 0 Å². The third-order valence-electron chi connectivity index (χ3n) is 2.35. The quantitative estimate of drug-likeness (QED) is 0.766. The first-order chi connectivity index (χ1) is 8.09. The van der Waals surface area contributed by atoms with Crippen molar-refractivity contribution in [3.05, 3.63) is 30.1 Å². The number of amidine groups is 1. The molecule has 0 fully saturated rings. The van der Waals surface area contributed by atoms with Gasteiger partial charge in [0.05, 0.1) is 11.4 Å². The van der Waals surface area contributed by atoms with Crippen LogP contribution in [-0.4, -0.2) is 29.3 Å². The van der Waals surface area contributed by atoms with Gasteiger partial charge in [0.25, 0.3) is 0 Å². The van der Waals surface area contributed by atoms with Crippen LogP contribution in [0.3, 0.4) is 0 Å². The Morgan fingerprint density at radius 3 is 2.71 bits per heavy atom. The minimum atomic E-state index is -0.385. The minimum absolute atomic E-state index is 0.186. The van der Waals surface area contributed by atoms with Crippen molar-refractivity contribution in [3.63, 3.8) is 0 Å². The maximum absolute atomic E-state index is 13.3. The summed E-state index contributed by atoms with van der Waals surface area (Å²) in [5, 5.41) is 17.2. The summed E-state index contributed by atoms with van der Waals surface area (Å²) < 4.78 is 13.3. The van der Waals surface area contributed by atoms with Gasteiger partial charge in [0, 0.05) is 7.05 Å². The summed E-state index contributed by atoms with van der Waals surface area (Å²) in [6, 6.07) is 6.23. The molecule has 88 valence electrons. The van der Waals surface area contributed by atoms with Gasteiger partial charge in [-0.05, 0) is 19.1 Å². The van der Waals surface area contributed by atoms with Gasteiger partial charge in [-0.15, -0.1) is 0 Å². The van der Waals surface area contributed by atoms with Crippen LogP contribution < -0.4 is 5.43 Å². The van der Waals surface area contributed by atoms with E-state index in [-0.39, 0.29) is 17.3 Å². The molecule has 0 unspecified atom stereocenters. The van der Waals surface area contributed by atoms with Crippen LogP contribution in [0.5, 0.6) is 0 Å². The smallest absolute Gasteiger partial charge is 0.171 e. The molecule has 1 aromatic carbocycles. The second-order valence-corrected chi connectivity index (χ2v) is 3.61. The number of hydrogen-bond donors (Lipinski definition) is 2. The zero-order valence-corrected chi connectivity index (χ0v) is 9.53. The molecule has 0 atom stereocenters. The number of hydrazone groups is 2. The molecule has 0 saturated carbocycles. The van der Waals surface area contributed by atoms with Crippen molar-refractivity contribution in [2.75, 3.05) is 12.5 Å². The third-order valence-corrected chi connectivity index (χ3v) is 2.35. The molecular formula is C11H12FN5. The van der Waals surface area contributed by atoms with Crippen LogP contribution in [0.2, 0.25) is 0 Å². The van der Waals surface area contributed by atoms with E-state index < -0.39 is 0 Å². The van der Waals surface area contributed by atoms with Gasteiger partial charge in [-0.25, -0.2) is 9.40 Å². The van der Waals surface area contributed by atoms with Crippen molar-refractivity contribution < 1.29 is 4.39 Å². The number of para-hydroxylation sites is 1. The van der Waals surface area contributed by atoms with Gasteiger partial charge >= 0.3 is 0 Å². The molecule has 2 rings (SSSR count). The van der Waals surface area contributed by atoms with E-state index in [0.717, 1.165) is 0 Å². The predicted octanol–water partition coefficient (Wildman–Crippen LogP) is 1.89. The van der Waals surface area contributed by atoms with Crippen LogP contribution in [0.25, 0.3) is 0 Å². The summed E-state index contributed by atoms with van der Waals surface area (Å²) in [6.45, 7) is 1.75. The molecule has 0 spiro atoms. The number of anilines is 1. The lowest BCUT2D eigenvalue weighted by atomic mass is 10.2. The zero-order valence-electron chi connectivity index (χ0n) is 9.53. The Morgan fingerprint density at radius 2 is 2.12 bits per heavy atom. The molecule has 6 heteroatoms. The van der Waals surface area contributed by atoms with Gasteiger partial charge in [0.2, 0.25) is 0 Å². The van der Waals surface area contributed by atoms with E-state index in [1.54, 1.807) is 32.2 Å². The molecule has 1 aromatic rings. The van der Waals surface area contributed by atoms with Crippen LogP contribution in [0, 0.1) is 11.2 Å². The molecule has 17 heavy (non-hydrogen) atoms. The maximum Gasteiger partial charge on any atom is 0.171 e. The van der Waals surface area contributed by atoms with Gasteiger partial charge < -0.3 is 0 Å². The molecule has 0 radical (unpaired) electrons. The Kier molecular flexibility index (Phi) is 2.86. The van der Waals surface area contributed by atoms with E-state index in [4.69, 9.17) is 5.41 Å². The van der Waals surface area contributed by atoms with Crippen molar-refractivity contribution in [2.45, 2.75) is 6.92 Å². The van der Waals surface area contributed by atoms with E-state index in [2.05, 4.69) is 15.6 Å². The first-order valence-electron chi connectivity index (χ1n) is 5.06. The van der Waals surface area contributed by atoms with Crippen molar-refractivity contribution in [3.8, 4) is 0 Å². The van der Waals surface area contributed by atoms with Gasteiger partial charge in [0.15, 0.2) is 5.84 Å². The number of halogens is 1. The summed E-state index contributed by atoms with van der Waals surface area (Å²) in [7, 11) is 1.66. The molecule has 0 amide bonds. The van der Waals surface area contributed by atoms with Crippen LogP contribution in [0.4, 0.5) is 10.1 Å². The van der Waals surface area contributed by atoms with Crippen molar-refractivity contribution in [1.82, 2.24) is 5.01 Å². The standard InChI is InChI=1S/C11H12FN5/c1-7-10(11(13)17(2)16-7)15-14-9-6-4-3-5-8(9)12/h3-6,13-14H,1-2H3/b13-11?,15-10-. The van der Waals surface area contributed by atoms with Crippen LogP contribution in [0.1, 0.15) is 6.92 Å². The molecule has 0 bridgehead atoms. The highest BCUT2D eigenvalue weighted by atomic mass is 19.1. The Balaban J connectivity index is 2.20. The lowest BCUT2D eigenvalue weighted by molar-refractivity contribution is 0.557. The number of nitrogens with zero attached hydrogens (tertiary/aromatic N) is 3. The van der Waals surface area contributed by atoms with Gasteiger partial charge in [-0.1, -0.05) is 12.1 Å². The summed E-state index contributed by atoms with van der Waals surface area (Å²) in [5.41, 5.74) is 3.91. The van der Waals surface area contributed by atoms with Gasteiger partial charge in [-0.3, -0.25) is 10.8 Å². The zero-order chi connectivity index (χ0) is 12.4. The lowest BCUT2D eigenvalue weighted by Gasteiger charge is -2.05. The Morgan fingerprint density at radius 1 is 1.41 bits per heavy atom. The first kappa shape index (κ1) is 11.3. The molecular weight excluding hydrogens is 221 g/mol. The van der Waals surface area contributed by atoms with Crippen LogP contribution in [0.15, 0.2) is 34.5 Å². The Bertz CT molecular complexity index is 520. The third kappa shape index (κ3) is 2.15. The second kappa shape index (κ2) is 4.32. The fraction of sp³-hybridized carbons (Fsp3) is 0.182. The highest BCUT2D eigenvalue weighted by molar-refractivity contribution is 6.69. The molecule has 5 nitrogen and oxygen atoms in total. The van der Waals surface area contributed by atoms with E-state index in [1.165, 1.54) is 11.1 Å². The molecule has 1 heterocycles. The largest absolute Gasteiger partial charge is 0.281 e. The van der Waals surface area contributed by atoms with Gasteiger partial charge in [0.1, 0.15) is 11.5 Å². The second-order valence-electron chi connectivity index (χ2n) is 3.61. The topological polar surface area (TPSA) is 63.8 Å². The van der Waals surface area contributed by atoms with Crippen molar-refractivity contribution >= 4 is 22.9 Å². The van der Waals surface area contributed by atoms with E-state index in [0.29, 0.717) is 11.4 Å². The Hall–Kier alpha value is -2.24. The predicted molar refractivity (Wildman–Crippen MR) is 66.1 cm³/mol.